The van der Waals surface area contributed by atoms with Crippen LogP contribution in [0.25, 0.3) is 0 Å². The van der Waals surface area contributed by atoms with E-state index in [-0.39, 0.29) is 23.3 Å². The van der Waals surface area contributed by atoms with Crippen LogP contribution in [0.5, 0.6) is 0 Å². The molecule has 1 aromatic carbocycles. The van der Waals surface area contributed by atoms with Gasteiger partial charge in [0.05, 0.1) is 11.3 Å². The molecule has 3 N–H and O–H groups in total. The fraction of sp³-hybridized carbons (Fsp3) is 0.500. The molecule has 3 rings (SSSR count). The van der Waals surface area contributed by atoms with Gasteiger partial charge in [0.2, 0.25) is 15.9 Å². The second-order valence-corrected chi connectivity index (χ2v) is 7.77. The molecule has 6 nitrogen and oxygen atoms in total. The number of benzene rings is 1. The van der Waals surface area contributed by atoms with E-state index in [4.69, 9.17) is 5.73 Å². The molecule has 0 saturated carbocycles. The first kappa shape index (κ1) is 14.5. The van der Waals surface area contributed by atoms with Gasteiger partial charge in [-0.2, -0.15) is 4.31 Å². The maximum Gasteiger partial charge on any atom is 0.243 e. The highest BCUT2D eigenvalue weighted by molar-refractivity contribution is 7.89. The summed E-state index contributed by atoms with van der Waals surface area (Å²) in [5, 5.41) is 2.70. The Kier molecular flexibility index (Phi) is 3.51. The van der Waals surface area contributed by atoms with Crippen molar-refractivity contribution in [2.24, 2.45) is 11.7 Å². The van der Waals surface area contributed by atoms with Crippen LogP contribution in [0.4, 0.5) is 5.69 Å². The molecule has 114 valence electrons. The van der Waals surface area contributed by atoms with Crippen LogP contribution in [0.3, 0.4) is 0 Å². The molecule has 7 heteroatoms. The fourth-order valence-corrected chi connectivity index (χ4v) is 4.35. The zero-order chi connectivity index (χ0) is 15.2. The lowest BCUT2D eigenvalue weighted by Gasteiger charge is -2.34. The number of anilines is 1. The molecule has 2 aliphatic rings. The number of nitrogens with two attached hydrogens (primary N) is 1. The number of carbonyl (C=O) groups excluding carboxylic acids is 1. The Morgan fingerprint density at radius 1 is 1.38 bits per heavy atom. The molecule has 0 bridgehead atoms. The maximum atomic E-state index is 12.7. The molecule has 2 aliphatic heterocycles. The van der Waals surface area contributed by atoms with Gasteiger partial charge in [-0.05, 0) is 36.1 Å². The Morgan fingerprint density at radius 2 is 2.14 bits per heavy atom. The van der Waals surface area contributed by atoms with Crippen molar-refractivity contribution in [2.75, 3.05) is 18.4 Å². The van der Waals surface area contributed by atoms with Gasteiger partial charge >= 0.3 is 0 Å². The number of hydrogen-bond acceptors (Lipinski definition) is 4. The fourth-order valence-electron chi connectivity index (χ4n) is 2.80. The molecule has 2 heterocycles. The minimum Gasteiger partial charge on any atom is -0.326 e. The molecule has 21 heavy (non-hydrogen) atoms. The summed E-state index contributed by atoms with van der Waals surface area (Å²) in [6.45, 7) is 2.88. The van der Waals surface area contributed by atoms with E-state index < -0.39 is 10.0 Å². The lowest BCUT2D eigenvalue weighted by atomic mass is 9.96. The number of sulfonamides is 1. The predicted molar refractivity (Wildman–Crippen MR) is 79.3 cm³/mol. The number of fused-ring (bicyclic) bond motifs is 1. The molecule has 0 spiro atoms. The zero-order valence-electron chi connectivity index (χ0n) is 11.9. The van der Waals surface area contributed by atoms with E-state index in [2.05, 4.69) is 5.32 Å². The molecular formula is C14H19N3O3S. The first-order chi connectivity index (χ1) is 9.88. The van der Waals surface area contributed by atoms with Gasteiger partial charge in [0, 0.05) is 24.8 Å². The lowest BCUT2D eigenvalue weighted by molar-refractivity contribution is -0.115. The van der Waals surface area contributed by atoms with E-state index >= 15 is 0 Å². The summed E-state index contributed by atoms with van der Waals surface area (Å²) in [6, 6.07) is 4.65. The summed E-state index contributed by atoms with van der Waals surface area (Å²) in [7, 11) is -3.54. The average molecular weight is 309 g/mol. The maximum absolute atomic E-state index is 12.7. The standard InChI is InChI=1S/C14H19N3O3S/c1-9-4-5-17(8-12(9)15)21(19,20)11-2-3-13-10(6-11)7-14(18)16-13/h2-3,6,9,12H,4-5,7-8,15H2,1H3,(H,16,18). The van der Waals surface area contributed by atoms with Crippen molar-refractivity contribution in [2.45, 2.75) is 30.7 Å². The zero-order valence-corrected chi connectivity index (χ0v) is 12.7. The van der Waals surface area contributed by atoms with Gasteiger partial charge in [-0.15, -0.1) is 0 Å². The van der Waals surface area contributed by atoms with Crippen molar-refractivity contribution < 1.29 is 13.2 Å². The Bertz CT molecular complexity index is 687. The van der Waals surface area contributed by atoms with E-state index in [0.717, 1.165) is 12.0 Å². The summed E-state index contributed by atoms with van der Waals surface area (Å²) < 4.78 is 26.8. The first-order valence-electron chi connectivity index (χ1n) is 7.06. The van der Waals surface area contributed by atoms with Crippen LogP contribution in [0.1, 0.15) is 18.9 Å². The molecule has 2 atom stereocenters. The minimum atomic E-state index is -3.54. The average Bonchev–Trinajstić information content (AvgIpc) is 2.80. The van der Waals surface area contributed by atoms with E-state index in [1.165, 1.54) is 4.31 Å². The molecule has 0 radical (unpaired) electrons. The van der Waals surface area contributed by atoms with E-state index in [9.17, 15) is 13.2 Å². The van der Waals surface area contributed by atoms with Crippen molar-refractivity contribution in [1.29, 1.82) is 0 Å². The Balaban J connectivity index is 1.89. The third-order valence-electron chi connectivity index (χ3n) is 4.32. The highest BCUT2D eigenvalue weighted by Gasteiger charge is 2.32. The number of nitrogens with zero attached hydrogens (tertiary/aromatic N) is 1. The van der Waals surface area contributed by atoms with Crippen LogP contribution < -0.4 is 11.1 Å². The van der Waals surface area contributed by atoms with Gasteiger partial charge in [-0.3, -0.25) is 4.79 Å². The second kappa shape index (κ2) is 5.08. The van der Waals surface area contributed by atoms with Gasteiger partial charge in [0.15, 0.2) is 0 Å². The molecule has 2 unspecified atom stereocenters. The first-order valence-corrected chi connectivity index (χ1v) is 8.50. The molecule has 1 fully saturated rings. The smallest absolute Gasteiger partial charge is 0.243 e. The molecule has 0 aliphatic carbocycles. The van der Waals surface area contributed by atoms with Crippen LogP contribution in [0.15, 0.2) is 23.1 Å². The van der Waals surface area contributed by atoms with Crippen LogP contribution in [0.2, 0.25) is 0 Å². The van der Waals surface area contributed by atoms with Gasteiger partial charge < -0.3 is 11.1 Å². The number of carbonyl (C=O) groups is 1. The lowest BCUT2D eigenvalue weighted by Crippen LogP contribution is -2.49. The Morgan fingerprint density at radius 3 is 2.86 bits per heavy atom. The predicted octanol–water partition coefficient (Wildman–Crippen LogP) is 0.539. The van der Waals surface area contributed by atoms with Crippen LogP contribution in [-0.2, 0) is 21.2 Å². The third-order valence-corrected chi connectivity index (χ3v) is 6.18. The van der Waals surface area contributed by atoms with Gasteiger partial charge in [-0.1, -0.05) is 6.92 Å². The monoisotopic (exact) mass is 309 g/mol. The summed E-state index contributed by atoms with van der Waals surface area (Å²) in [6.07, 6.45) is 1.00. The van der Waals surface area contributed by atoms with Crippen molar-refractivity contribution >= 4 is 21.6 Å². The number of rotatable bonds is 2. The molecule has 1 saturated heterocycles. The normalized spacial score (nSPS) is 26.5. The Hall–Kier alpha value is -1.44. The van der Waals surface area contributed by atoms with Crippen molar-refractivity contribution in [3.05, 3.63) is 23.8 Å². The minimum absolute atomic E-state index is 0.103. The van der Waals surface area contributed by atoms with E-state index in [1.807, 2.05) is 6.92 Å². The van der Waals surface area contributed by atoms with Crippen LogP contribution in [0, 0.1) is 5.92 Å². The summed E-state index contributed by atoms with van der Waals surface area (Å²) in [4.78, 5) is 11.6. The summed E-state index contributed by atoms with van der Waals surface area (Å²) in [5.74, 6) is 0.228. The highest BCUT2D eigenvalue weighted by atomic mass is 32.2. The quantitative estimate of drug-likeness (QED) is 0.834. The van der Waals surface area contributed by atoms with Crippen molar-refractivity contribution in [3.8, 4) is 0 Å². The SMILES string of the molecule is CC1CCN(S(=O)(=O)c2ccc3c(c2)CC(=O)N3)CC1N. The molecular weight excluding hydrogens is 290 g/mol. The van der Waals surface area contributed by atoms with Crippen molar-refractivity contribution in [1.82, 2.24) is 4.31 Å². The topological polar surface area (TPSA) is 92.5 Å². The number of piperidine rings is 1. The van der Waals surface area contributed by atoms with Crippen molar-refractivity contribution in [3.63, 3.8) is 0 Å². The van der Waals surface area contributed by atoms with Crippen LogP contribution >= 0.6 is 0 Å². The van der Waals surface area contributed by atoms with E-state index in [1.54, 1.807) is 18.2 Å². The van der Waals surface area contributed by atoms with Gasteiger partial charge in [0.1, 0.15) is 0 Å². The van der Waals surface area contributed by atoms with Gasteiger partial charge in [0.25, 0.3) is 0 Å². The second-order valence-electron chi connectivity index (χ2n) is 5.84. The molecule has 1 aromatic rings. The third kappa shape index (κ3) is 2.56. The van der Waals surface area contributed by atoms with Gasteiger partial charge in [-0.25, -0.2) is 8.42 Å². The summed E-state index contributed by atoms with van der Waals surface area (Å²) in [5.41, 5.74) is 7.42. The summed E-state index contributed by atoms with van der Waals surface area (Å²) >= 11 is 0. The molecule has 1 amide bonds. The Labute approximate surface area is 124 Å². The van der Waals surface area contributed by atoms with Crippen LogP contribution in [-0.4, -0.2) is 37.8 Å². The largest absolute Gasteiger partial charge is 0.326 e. The number of amides is 1. The van der Waals surface area contributed by atoms with E-state index in [0.29, 0.717) is 24.7 Å². The molecule has 0 aromatic heterocycles. The highest BCUT2D eigenvalue weighted by Crippen LogP contribution is 2.28. The number of nitrogens with one attached hydrogen (secondary N) is 1. The number of hydrogen-bond donors (Lipinski definition) is 2.